The number of hydrogen-bond acceptors (Lipinski definition) is 4. The number of carbonyl (C=O) groups is 1. The van der Waals surface area contributed by atoms with Gasteiger partial charge in [-0.3, -0.25) is 14.9 Å². The third-order valence-corrected chi connectivity index (χ3v) is 2.47. The number of fused-ring (bicyclic) bond motifs is 1. The van der Waals surface area contributed by atoms with Gasteiger partial charge in [-0.05, 0) is 18.2 Å². The number of nitrogens with one attached hydrogen (secondary N) is 1. The van der Waals surface area contributed by atoms with E-state index in [1.54, 1.807) is 0 Å². The number of aromatic amines is 1. The molecule has 0 radical (unpaired) electrons. The van der Waals surface area contributed by atoms with Crippen molar-refractivity contribution >= 4 is 28.6 Å². The molecule has 7 heteroatoms. The maximum atomic E-state index is 11.2. The topological polar surface area (TPSA) is 113 Å². The molecule has 0 saturated carbocycles. The number of aromatic nitrogens is 1. The molecule has 96 valence electrons. The Morgan fingerprint density at radius 2 is 2.11 bits per heavy atom. The standard InChI is InChI=1S/C12H8N2O5/c15-11-3-1-7-6-10(14(18)19)8(2-4-12(16)17)5-9(7)13-11/h1-6H,(H,13,15)(H,16,17). The lowest BCUT2D eigenvalue weighted by Gasteiger charge is -2.01. The highest BCUT2D eigenvalue weighted by Gasteiger charge is 2.13. The summed E-state index contributed by atoms with van der Waals surface area (Å²) in [7, 11) is 0. The zero-order valence-electron chi connectivity index (χ0n) is 9.49. The monoisotopic (exact) mass is 260 g/mol. The van der Waals surface area contributed by atoms with Gasteiger partial charge in [0.15, 0.2) is 0 Å². The summed E-state index contributed by atoms with van der Waals surface area (Å²) in [5, 5.41) is 20.0. The number of hydrogen-bond donors (Lipinski definition) is 2. The summed E-state index contributed by atoms with van der Waals surface area (Å²) in [5.74, 6) is -1.21. The molecule has 2 rings (SSSR count). The molecule has 7 nitrogen and oxygen atoms in total. The van der Waals surface area contributed by atoms with Gasteiger partial charge in [-0.2, -0.15) is 0 Å². The number of rotatable bonds is 3. The molecule has 0 aliphatic carbocycles. The van der Waals surface area contributed by atoms with E-state index in [1.165, 1.54) is 24.3 Å². The van der Waals surface area contributed by atoms with Crippen molar-refractivity contribution in [2.75, 3.05) is 0 Å². The lowest BCUT2D eigenvalue weighted by molar-refractivity contribution is -0.384. The number of H-pyrrole nitrogens is 1. The third-order valence-electron chi connectivity index (χ3n) is 2.47. The number of nitro benzene ring substituents is 1. The van der Waals surface area contributed by atoms with E-state index in [4.69, 9.17) is 5.11 Å². The van der Waals surface area contributed by atoms with Gasteiger partial charge in [0.05, 0.1) is 10.5 Å². The van der Waals surface area contributed by atoms with Crippen LogP contribution in [-0.2, 0) is 4.79 Å². The molecule has 0 bridgehead atoms. The Morgan fingerprint density at radius 1 is 1.37 bits per heavy atom. The molecule has 1 aromatic heterocycles. The van der Waals surface area contributed by atoms with E-state index in [1.807, 2.05) is 0 Å². The smallest absolute Gasteiger partial charge is 0.328 e. The van der Waals surface area contributed by atoms with Crippen molar-refractivity contribution in [3.8, 4) is 0 Å². The van der Waals surface area contributed by atoms with Crippen LogP contribution in [0.3, 0.4) is 0 Å². The number of carboxylic acids is 1. The molecule has 0 spiro atoms. The number of nitrogens with zero attached hydrogens (tertiary/aromatic N) is 1. The predicted molar refractivity (Wildman–Crippen MR) is 67.9 cm³/mol. The molecule has 0 aliphatic rings. The van der Waals surface area contributed by atoms with Crippen LogP contribution in [0.15, 0.2) is 35.1 Å². The van der Waals surface area contributed by atoms with E-state index in [9.17, 15) is 19.7 Å². The largest absolute Gasteiger partial charge is 0.478 e. The summed E-state index contributed by atoms with van der Waals surface area (Å²) in [4.78, 5) is 34.5. The molecule has 0 fully saturated rings. The first-order chi connectivity index (χ1) is 8.97. The van der Waals surface area contributed by atoms with Crippen LogP contribution in [-0.4, -0.2) is 21.0 Å². The summed E-state index contributed by atoms with van der Waals surface area (Å²) in [6.45, 7) is 0. The normalized spacial score (nSPS) is 10.9. The number of nitro groups is 1. The van der Waals surface area contributed by atoms with Crippen molar-refractivity contribution in [3.05, 3.63) is 56.4 Å². The fourth-order valence-corrected chi connectivity index (χ4v) is 1.66. The quantitative estimate of drug-likeness (QED) is 0.493. The van der Waals surface area contributed by atoms with Crippen LogP contribution < -0.4 is 5.56 Å². The highest BCUT2D eigenvalue weighted by atomic mass is 16.6. The number of pyridine rings is 1. The molecule has 2 aromatic rings. The van der Waals surface area contributed by atoms with Crippen molar-refractivity contribution in [2.24, 2.45) is 0 Å². The van der Waals surface area contributed by atoms with Crippen molar-refractivity contribution in [1.29, 1.82) is 0 Å². The second kappa shape index (κ2) is 4.73. The van der Waals surface area contributed by atoms with E-state index < -0.39 is 10.9 Å². The van der Waals surface area contributed by atoms with Gasteiger partial charge in [0.2, 0.25) is 5.56 Å². The van der Waals surface area contributed by atoms with Gasteiger partial charge in [0.1, 0.15) is 0 Å². The van der Waals surface area contributed by atoms with Crippen molar-refractivity contribution < 1.29 is 14.8 Å². The highest BCUT2D eigenvalue weighted by molar-refractivity contribution is 5.90. The van der Waals surface area contributed by atoms with Gasteiger partial charge in [-0.1, -0.05) is 0 Å². The molecule has 0 atom stereocenters. The number of carboxylic acid groups (broad SMARTS) is 1. The van der Waals surface area contributed by atoms with Gasteiger partial charge in [0.25, 0.3) is 5.69 Å². The van der Waals surface area contributed by atoms with Crippen molar-refractivity contribution in [2.45, 2.75) is 0 Å². The van der Waals surface area contributed by atoms with Crippen LogP contribution in [0, 0.1) is 10.1 Å². The summed E-state index contributed by atoms with van der Waals surface area (Å²) < 4.78 is 0. The first-order valence-electron chi connectivity index (χ1n) is 5.20. The summed E-state index contributed by atoms with van der Waals surface area (Å²) in [6.07, 6.45) is 1.92. The zero-order valence-corrected chi connectivity index (χ0v) is 9.49. The Labute approximate surface area is 106 Å². The minimum Gasteiger partial charge on any atom is -0.478 e. The summed E-state index contributed by atoms with van der Waals surface area (Å²) in [5.41, 5.74) is -0.0449. The number of benzene rings is 1. The van der Waals surface area contributed by atoms with Gasteiger partial charge in [-0.15, -0.1) is 0 Å². The van der Waals surface area contributed by atoms with Gasteiger partial charge >= 0.3 is 5.97 Å². The lowest BCUT2D eigenvalue weighted by Crippen LogP contribution is -2.03. The fourth-order valence-electron chi connectivity index (χ4n) is 1.66. The summed E-state index contributed by atoms with van der Waals surface area (Å²) >= 11 is 0. The van der Waals surface area contributed by atoms with Gasteiger partial charge in [0, 0.05) is 29.1 Å². The maximum Gasteiger partial charge on any atom is 0.328 e. The first kappa shape index (κ1) is 12.5. The van der Waals surface area contributed by atoms with Crippen LogP contribution in [0.2, 0.25) is 0 Å². The van der Waals surface area contributed by atoms with Crippen molar-refractivity contribution in [1.82, 2.24) is 4.98 Å². The van der Waals surface area contributed by atoms with Crippen LogP contribution in [0.4, 0.5) is 5.69 Å². The van der Waals surface area contributed by atoms with Gasteiger partial charge < -0.3 is 10.1 Å². The van der Waals surface area contributed by atoms with Crippen LogP contribution >= 0.6 is 0 Å². The Bertz CT molecular complexity index is 760. The molecule has 0 unspecified atom stereocenters. The Morgan fingerprint density at radius 3 is 2.74 bits per heavy atom. The first-order valence-corrected chi connectivity index (χ1v) is 5.20. The van der Waals surface area contributed by atoms with Crippen LogP contribution in [0.5, 0.6) is 0 Å². The highest BCUT2D eigenvalue weighted by Crippen LogP contribution is 2.25. The zero-order chi connectivity index (χ0) is 14.0. The summed E-state index contributed by atoms with van der Waals surface area (Å²) in [6, 6.07) is 5.38. The fraction of sp³-hybridized carbons (Fsp3) is 0. The second-order valence-electron chi connectivity index (χ2n) is 3.75. The van der Waals surface area contributed by atoms with Crippen LogP contribution in [0.1, 0.15) is 5.56 Å². The Hall–Kier alpha value is -2.96. The van der Waals surface area contributed by atoms with E-state index in [2.05, 4.69) is 4.98 Å². The third kappa shape index (κ3) is 2.65. The van der Waals surface area contributed by atoms with Crippen LogP contribution in [0.25, 0.3) is 17.0 Å². The maximum absolute atomic E-state index is 11.2. The van der Waals surface area contributed by atoms with E-state index in [0.29, 0.717) is 10.9 Å². The Balaban J connectivity index is 2.71. The molecule has 2 N–H and O–H groups in total. The molecule has 1 heterocycles. The Kier molecular flexibility index (Phi) is 3.11. The van der Waals surface area contributed by atoms with Gasteiger partial charge in [-0.25, -0.2) is 4.79 Å². The lowest BCUT2D eigenvalue weighted by atomic mass is 10.1. The number of aliphatic carboxylic acids is 1. The molecular formula is C12H8N2O5. The SMILES string of the molecule is O=C(O)C=Cc1cc2[nH]c(=O)ccc2cc1[N+](=O)[O-]. The molecular weight excluding hydrogens is 252 g/mol. The molecule has 0 saturated heterocycles. The van der Waals surface area contributed by atoms with E-state index in [-0.39, 0.29) is 16.8 Å². The molecule has 0 amide bonds. The van der Waals surface area contributed by atoms with E-state index in [0.717, 1.165) is 12.2 Å². The van der Waals surface area contributed by atoms with Crippen molar-refractivity contribution in [3.63, 3.8) is 0 Å². The predicted octanol–water partition coefficient (Wildman–Crippen LogP) is 1.53. The average molecular weight is 260 g/mol. The van der Waals surface area contributed by atoms with E-state index >= 15 is 0 Å². The minimum absolute atomic E-state index is 0.113. The minimum atomic E-state index is -1.21. The molecule has 19 heavy (non-hydrogen) atoms. The molecule has 0 aliphatic heterocycles. The molecule has 1 aromatic carbocycles. The average Bonchev–Trinajstić information content (AvgIpc) is 2.34. The second-order valence-corrected chi connectivity index (χ2v) is 3.75.